The molecule has 0 saturated carbocycles. The number of nitrogens with zero attached hydrogens (tertiary/aromatic N) is 1. The lowest BCUT2D eigenvalue weighted by Crippen LogP contribution is -2.44. The number of hydrogen-bond acceptors (Lipinski definition) is 5. The zero-order valence-corrected chi connectivity index (χ0v) is 15.3. The van der Waals surface area contributed by atoms with Crippen LogP contribution in [0, 0.1) is 0 Å². The van der Waals surface area contributed by atoms with Crippen LogP contribution in [0.1, 0.15) is 47.1 Å². The predicted octanol–water partition coefficient (Wildman–Crippen LogP) is 4.11. The summed E-state index contributed by atoms with van der Waals surface area (Å²) < 4.78 is 10.6. The second kappa shape index (κ2) is 7.55. The Morgan fingerprint density at radius 2 is 1.50 bits per heavy atom. The molecule has 1 aromatic rings. The van der Waals surface area contributed by atoms with Crippen molar-refractivity contribution < 1.29 is 24.2 Å². The third-order valence-electron chi connectivity index (χ3n) is 2.76. The van der Waals surface area contributed by atoms with Crippen LogP contribution in [-0.4, -0.2) is 39.9 Å². The molecule has 0 fully saturated rings. The predicted molar refractivity (Wildman–Crippen MR) is 91.0 cm³/mol. The number of imide groups is 1. The first-order chi connectivity index (χ1) is 10.9. The number of hydrogen-bond donors (Lipinski definition) is 1. The third kappa shape index (κ3) is 7.35. The number of benzene rings is 1. The van der Waals surface area contributed by atoms with Gasteiger partial charge in [-0.2, -0.15) is 0 Å². The van der Waals surface area contributed by atoms with Crippen molar-refractivity contribution in [3.63, 3.8) is 0 Å². The van der Waals surface area contributed by atoms with Gasteiger partial charge < -0.3 is 14.6 Å². The van der Waals surface area contributed by atoms with Crippen molar-refractivity contribution in [2.75, 3.05) is 6.54 Å². The standard InChI is InChI=1S/C18H27NO5/c1-17(2,3)23-15(21)19(16(22)24-18(4,5)6)11-10-13-8-7-9-14(20)12-13/h7-9,12,20H,10-11H2,1-6H3. The first-order valence-electron chi connectivity index (χ1n) is 7.89. The third-order valence-corrected chi connectivity index (χ3v) is 2.76. The van der Waals surface area contributed by atoms with E-state index >= 15 is 0 Å². The van der Waals surface area contributed by atoms with Gasteiger partial charge in [-0.15, -0.1) is 0 Å². The van der Waals surface area contributed by atoms with Gasteiger partial charge in [0.15, 0.2) is 0 Å². The van der Waals surface area contributed by atoms with Crippen LogP contribution in [-0.2, 0) is 15.9 Å². The highest BCUT2D eigenvalue weighted by Crippen LogP contribution is 2.16. The molecule has 0 heterocycles. The van der Waals surface area contributed by atoms with E-state index in [1.54, 1.807) is 59.7 Å². The van der Waals surface area contributed by atoms with Crippen molar-refractivity contribution in [2.24, 2.45) is 0 Å². The van der Waals surface area contributed by atoms with E-state index in [4.69, 9.17) is 9.47 Å². The average molecular weight is 337 g/mol. The van der Waals surface area contributed by atoms with Gasteiger partial charge in [-0.25, -0.2) is 14.5 Å². The fraction of sp³-hybridized carbons (Fsp3) is 0.556. The van der Waals surface area contributed by atoms with E-state index in [1.165, 1.54) is 0 Å². The monoisotopic (exact) mass is 337 g/mol. The summed E-state index contributed by atoms with van der Waals surface area (Å²) in [7, 11) is 0. The van der Waals surface area contributed by atoms with Gasteiger partial charge in [0.1, 0.15) is 17.0 Å². The number of carbonyl (C=O) groups is 2. The van der Waals surface area contributed by atoms with Gasteiger partial charge in [-0.05, 0) is 65.7 Å². The Hall–Kier alpha value is -2.24. The fourth-order valence-electron chi connectivity index (χ4n) is 1.84. The molecule has 0 aliphatic carbocycles. The molecule has 0 atom stereocenters. The maximum atomic E-state index is 12.3. The number of aromatic hydroxyl groups is 1. The van der Waals surface area contributed by atoms with E-state index in [-0.39, 0.29) is 12.3 Å². The van der Waals surface area contributed by atoms with Crippen molar-refractivity contribution in [2.45, 2.75) is 59.2 Å². The number of phenolic OH excluding ortho intramolecular Hbond substituents is 1. The van der Waals surface area contributed by atoms with Crippen molar-refractivity contribution in [3.05, 3.63) is 29.8 Å². The zero-order valence-electron chi connectivity index (χ0n) is 15.3. The molecule has 0 aliphatic heterocycles. The van der Waals surface area contributed by atoms with Crippen molar-refractivity contribution in [1.29, 1.82) is 0 Å². The number of amides is 2. The summed E-state index contributed by atoms with van der Waals surface area (Å²) in [6.07, 6.45) is -1.12. The molecule has 0 aromatic heterocycles. The molecule has 6 heteroatoms. The molecule has 24 heavy (non-hydrogen) atoms. The molecule has 0 aliphatic rings. The zero-order chi connectivity index (χ0) is 18.5. The van der Waals surface area contributed by atoms with Gasteiger partial charge in [-0.1, -0.05) is 12.1 Å². The van der Waals surface area contributed by atoms with Crippen LogP contribution in [0.2, 0.25) is 0 Å². The SMILES string of the molecule is CC(C)(C)OC(=O)N(CCc1cccc(O)c1)C(=O)OC(C)(C)C. The number of carbonyl (C=O) groups excluding carboxylic acids is 2. The van der Waals surface area contributed by atoms with Gasteiger partial charge in [-0.3, -0.25) is 0 Å². The smallest absolute Gasteiger partial charge is 0.419 e. The Labute approximate surface area is 143 Å². The Bertz CT molecular complexity index is 556. The summed E-state index contributed by atoms with van der Waals surface area (Å²) in [5, 5.41) is 9.51. The highest BCUT2D eigenvalue weighted by molar-refractivity contribution is 5.88. The van der Waals surface area contributed by atoms with E-state index in [1.807, 2.05) is 6.07 Å². The molecule has 2 amide bonds. The Morgan fingerprint density at radius 1 is 1.00 bits per heavy atom. The van der Waals surface area contributed by atoms with Crippen LogP contribution in [0.5, 0.6) is 5.75 Å². The second-order valence-corrected chi connectivity index (χ2v) is 7.53. The summed E-state index contributed by atoms with van der Waals surface area (Å²) >= 11 is 0. The molecule has 6 nitrogen and oxygen atoms in total. The van der Waals surface area contributed by atoms with Crippen LogP contribution in [0.4, 0.5) is 9.59 Å². The summed E-state index contributed by atoms with van der Waals surface area (Å²) in [5.74, 6) is 0.133. The highest BCUT2D eigenvalue weighted by Gasteiger charge is 2.30. The number of phenols is 1. The lowest BCUT2D eigenvalue weighted by molar-refractivity contribution is 0.00172. The lowest BCUT2D eigenvalue weighted by atomic mass is 10.1. The maximum Gasteiger partial charge on any atom is 0.419 e. The minimum Gasteiger partial charge on any atom is -0.508 e. The molecule has 0 unspecified atom stereocenters. The molecule has 1 rings (SSSR count). The quantitative estimate of drug-likeness (QED) is 0.898. The molecule has 1 aromatic carbocycles. The van der Waals surface area contributed by atoms with Crippen LogP contribution < -0.4 is 0 Å². The molecule has 0 bridgehead atoms. The molecular weight excluding hydrogens is 310 g/mol. The Balaban J connectivity index is 2.87. The first kappa shape index (κ1) is 19.8. The minimum atomic E-state index is -0.753. The van der Waals surface area contributed by atoms with E-state index < -0.39 is 23.4 Å². The summed E-state index contributed by atoms with van der Waals surface area (Å²) in [6.45, 7) is 10.5. The lowest BCUT2D eigenvalue weighted by Gasteiger charge is -2.28. The summed E-state index contributed by atoms with van der Waals surface area (Å²) in [4.78, 5) is 25.6. The van der Waals surface area contributed by atoms with Crippen molar-refractivity contribution in [1.82, 2.24) is 4.90 Å². The van der Waals surface area contributed by atoms with E-state index in [2.05, 4.69) is 0 Å². The molecule has 0 spiro atoms. The number of ether oxygens (including phenoxy) is 2. The van der Waals surface area contributed by atoms with Gasteiger partial charge in [0.2, 0.25) is 0 Å². The van der Waals surface area contributed by atoms with Crippen LogP contribution in [0.15, 0.2) is 24.3 Å². The molecule has 0 radical (unpaired) electrons. The summed E-state index contributed by atoms with van der Waals surface area (Å²) in [5.41, 5.74) is -0.642. The largest absolute Gasteiger partial charge is 0.508 e. The van der Waals surface area contributed by atoms with Gasteiger partial charge in [0.25, 0.3) is 0 Å². The second-order valence-electron chi connectivity index (χ2n) is 7.53. The molecular formula is C18H27NO5. The van der Waals surface area contributed by atoms with Crippen LogP contribution in [0.3, 0.4) is 0 Å². The normalized spacial score (nSPS) is 11.8. The molecule has 134 valence electrons. The Morgan fingerprint density at radius 3 is 1.92 bits per heavy atom. The first-order valence-corrected chi connectivity index (χ1v) is 7.89. The summed E-state index contributed by atoms with van der Waals surface area (Å²) in [6, 6.07) is 6.66. The minimum absolute atomic E-state index is 0.0906. The van der Waals surface area contributed by atoms with Gasteiger partial charge in [0, 0.05) is 6.54 Å². The van der Waals surface area contributed by atoms with Crippen molar-refractivity contribution >= 4 is 12.2 Å². The van der Waals surface area contributed by atoms with Crippen LogP contribution >= 0.6 is 0 Å². The molecule has 1 N–H and O–H groups in total. The van der Waals surface area contributed by atoms with Crippen LogP contribution in [0.25, 0.3) is 0 Å². The average Bonchev–Trinajstić information content (AvgIpc) is 2.34. The van der Waals surface area contributed by atoms with E-state index in [9.17, 15) is 14.7 Å². The van der Waals surface area contributed by atoms with E-state index in [0.29, 0.717) is 6.42 Å². The highest BCUT2D eigenvalue weighted by atomic mass is 16.6. The fourth-order valence-corrected chi connectivity index (χ4v) is 1.84. The van der Waals surface area contributed by atoms with E-state index in [0.717, 1.165) is 10.5 Å². The topological polar surface area (TPSA) is 76.1 Å². The maximum absolute atomic E-state index is 12.3. The molecule has 0 saturated heterocycles. The Kier molecular flexibility index (Phi) is 6.23. The van der Waals surface area contributed by atoms with Crippen molar-refractivity contribution in [3.8, 4) is 5.75 Å². The van der Waals surface area contributed by atoms with Gasteiger partial charge in [0.05, 0.1) is 0 Å². The van der Waals surface area contributed by atoms with Gasteiger partial charge >= 0.3 is 12.2 Å². The number of rotatable bonds is 3.